The molecule has 0 radical (unpaired) electrons. The highest BCUT2D eigenvalue weighted by molar-refractivity contribution is 7.14. The van der Waals surface area contributed by atoms with Gasteiger partial charge in [-0.1, -0.05) is 0 Å². The predicted molar refractivity (Wildman–Crippen MR) is 99.9 cm³/mol. The van der Waals surface area contributed by atoms with Crippen LogP contribution in [-0.2, 0) is 17.7 Å². The van der Waals surface area contributed by atoms with Gasteiger partial charge >= 0.3 is 0 Å². The molecular weight excluding hydrogens is 352 g/mol. The highest BCUT2D eigenvalue weighted by Gasteiger charge is 2.27. The lowest BCUT2D eigenvalue weighted by Gasteiger charge is -2.28. The second-order valence-electron chi connectivity index (χ2n) is 6.89. The second-order valence-corrected chi connectivity index (χ2v) is 8.00. The van der Waals surface area contributed by atoms with E-state index in [2.05, 4.69) is 9.97 Å². The first-order chi connectivity index (χ1) is 12.5. The van der Waals surface area contributed by atoms with Crippen molar-refractivity contribution >= 4 is 23.2 Å². The first-order valence-corrected chi connectivity index (χ1v) is 9.64. The van der Waals surface area contributed by atoms with E-state index in [0.29, 0.717) is 36.7 Å². The molecule has 2 aromatic rings. The molecule has 2 aliphatic rings. The van der Waals surface area contributed by atoms with E-state index in [1.165, 1.54) is 11.3 Å². The van der Waals surface area contributed by atoms with Crippen LogP contribution in [0.4, 0.5) is 5.95 Å². The summed E-state index contributed by atoms with van der Waals surface area (Å²) in [6.45, 7) is 1.69. The molecule has 138 valence electrons. The van der Waals surface area contributed by atoms with E-state index in [4.69, 9.17) is 4.74 Å². The molecule has 1 atom stereocenters. The van der Waals surface area contributed by atoms with Gasteiger partial charge in [0.05, 0.1) is 23.2 Å². The van der Waals surface area contributed by atoms with E-state index in [9.17, 15) is 9.59 Å². The number of anilines is 1. The number of amides is 1. The molecule has 0 saturated carbocycles. The van der Waals surface area contributed by atoms with Crippen molar-refractivity contribution in [2.75, 3.05) is 32.1 Å². The minimum Gasteiger partial charge on any atom is -0.373 e. The van der Waals surface area contributed by atoms with Gasteiger partial charge in [0.1, 0.15) is 0 Å². The fourth-order valence-electron chi connectivity index (χ4n) is 3.41. The maximum atomic E-state index is 12.9. The molecule has 26 heavy (non-hydrogen) atoms. The molecule has 1 fully saturated rings. The van der Waals surface area contributed by atoms with Crippen LogP contribution < -0.4 is 10.5 Å². The van der Waals surface area contributed by atoms with Crippen molar-refractivity contribution in [3.8, 4) is 0 Å². The summed E-state index contributed by atoms with van der Waals surface area (Å²) in [4.78, 5) is 37.9. The number of fused-ring (bicyclic) bond motifs is 1. The zero-order chi connectivity index (χ0) is 18.3. The van der Waals surface area contributed by atoms with Gasteiger partial charge in [-0.2, -0.15) is 0 Å². The van der Waals surface area contributed by atoms with Crippen LogP contribution in [0.25, 0.3) is 0 Å². The average Bonchev–Trinajstić information content (AvgIpc) is 3.31. The second kappa shape index (κ2) is 6.85. The van der Waals surface area contributed by atoms with E-state index in [-0.39, 0.29) is 17.6 Å². The zero-order valence-electron chi connectivity index (χ0n) is 14.9. The topological polar surface area (TPSA) is 78.5 Å². The Balaban J connectivity index is 1.54. The first kappa shape index (κ1) is 17.2. The Bertz CT molecular complexity index is 883. The van der Waals surface area contributed by atoms with Crippen molar-refractivity contribution in [1.82, 2.24) is 14.9 Å². The first-order valence-electron chi connectivity index (χ1n) is 8.83. The lowest BCUT2D eigenvalue weighted by molar-refractivity contribution is 0.0736. The van der Waals surface area contributed by atoms with Crippen LogP contribution in [0.5, 0.6) is 0 Å². The summed E-state index contributed by atoms with van der Waals surface area (Å²) in [6.07, 6.45) is 2.75. The van der Waals surface area contributed by atoms with E-state index < -0.39 is 0 Å². The number of thiophene rings is 1. The van der Waals surface area contributed by atoms with Crippen molar-refractivity contribution in [1.29, 1.82) is 0 Å². The predicted octanol–water partition coefficient (Wildman–Crippen LogP) is 1.95. The number of aromatic nitrogens is 2. The Labute approximate surface area is 155 Å². The van der Waals surface area contributed by atoms with E-state index in [1.807, 2.05) is 26.2 Å². The van der Waals surface area contributed by atoms with Crippen molar-refractivity contribution in [2.45, 2.75) is 31.9 Å². The number of H-pyrrole nitrogens is 1. The maximum absolute atomic E-state index is 12.9. The molecule has 1 N–H and O–H groups in total. The molecule has 0 unspecified atom stereocenters. The standard InChI is InChI=1S/C18H22N4O3S/c1-21(2)18-19-12-10-22(8-7-11(12)16(23)20-18)17(24)15-6-5-14(26-15)13-4-3-9-25-13/h5-6,13H,3-4,7-10H2,1-2H3,(H,19,20,23)/t13-/m1/s1. The highest BCUT2D eigenvalue weighted by Crippen LogP contribution is 2.34. The lowest BCUT2D eigenvalue weighted by atomic mass is 10.1. The Kier molecular flexibility index (Phi) is 4.54. The smallest absolute Gasteiger partial charge is 0.264 e. The molecule has 8 heteroatoms. The normalized spacial score (nSPS) is 19.5. The summed E-state index contributed by atoms with van der Waals surface area (Å²) in [5, 5.41) is 0. The van der Waals surface area contributed by atoms with Crippen LogP contribution in [0.3, 0.4) is 0 Å². The number of nitrogens with one attached hydrogen (secondary N) is 1. The van der Waals surface area contributed by atoms with Gasteiger partial charge in [0.15, 0.2) is 0 Å². The molecule has 2 aromatic heterocycles. The Hall–Kier alpha value is -2.19. The number of rotatable bonds is 3. The third-order valence-electron chi connectivity index (χ3n) is 4.86. The van der Waals surface area contributed by atoms with Crippen molar-refractivity contribution < 1.29 is 9.53 Å². The number of hydrogen-bond acceptors (Lipinski definition) is 6. The molecule has 0 spiro atoms. The minimum absolute atomic E-state index is 0.00150. The number of carbonyl (C=O) groups excluding carboxylic acids is 1. The Morgan fingerprint density at radius 1 is 1.42 bits per heavy atom. The number of carbonyl (C=O) groups is 1. The van der Waals surface area contributed by atoms with Gasteiger partial charge in [0.2, 0.25) is 5.95 Å². The largest absolute Gasteiger partial charge is 0.373 e. The highest BCUT2D eigenvalue weighted by atomic mass is 32.1. The molecule has 0 aliphatic carbocycles. The molecule has 0 aromatic carbocycles. The van der Waals surface area contributed by atoms with Crippen LogP contribution in [0.1, 0.15) is 44.8 Å². The SMILES string of the molecule is CN(C)c1nc2c(c(=O)[nH]1)CCN(C(=O)c1ccc([C@H]3CCCO3)s1)C2. The number of aromatic amines is 1. The minimum atomic E-state index is -0.109. The van der Waals surface area contributed by atoms with Crippen LogP contribution in [0, 0.1) is 0 Å². The molecule has 1 amide bonds. The van der Waals surface area contributed by atoms with Crippen molar-refractivity contribution in [2.24, 2.45) is 0 Å². The Morgan fingerprint density at radius 3 is 3.00 bits per heavy atom. The quantitative estimate of drug-likeness (QED) is 0.888. The molecule has 4 rings (SSSR count). The summed E-state index contributed by atoms with van der Waals surface area (Å²) < 4.78 is 5.71. The number of nitrogens with zero attached hydrogens (tertiary/aromatic N) is 3. The average molecular weight is 374 g/mol. The summed E-state index contributed by atoms with van der Waals surface area (Å²) >= 11 is 1.51. The summed E-state index contributed by atoms with van der Waals surface area (Å²) in [5.41, 5.74) is 1.27. The van der Waals surface area contributed by atoms with Crippen LogP contribution in [0.2, 0.25) is 0 Å². The molecular formula is C18H22N4O3S. The van der Waals surface area contributed by atoms with E-state index in [0.717, 1.165) is 29.2 Å². The number of hydrogen-bond donors (Lipinski definition) is 1. The van der Waals surface area contributed by atoms with Gasteiger partial charge < -0.3 is 14.5 Å². The monoisotopic (exact) mass is 374 g/mol. The van der Waals surface area contributed by atoms with Gasteiger partial charge in [-0.3, -0.25) is 14.6 Å². The maximum Gasteiger partial charge on any atom is 0.264 e. The van der Waals surface area contributed by atoms with Gasteiger partial charge in [-0.05, 0) is 31.4 Å². The zero-order valence-corrected chi connectivity index (χ0v) is 15.8. The fraction of sp³-hybridized carbons (Fsp3) is 0.500. The van der Waals surface area contributed by atoms with Crippen LogP contribution >= 0.6 is 11.3 Å². The van der Waals surface area contributed by atoms with Crippen molar-refractivity contribution in [3.05, 3.63) is 43.5 Å². The van der Waals surface area contributed by atoms with Gasteiger partial charge in [0.25, 0.3) is 11.5 Å². The van der Waals surface area contributed by atoms with Crippen LogP contribution in [-0.4, -0.2) is 48.0 Å². The summed E-state index contributed by atoms with van der Waals surface area (Å²) in [5.74, 6) is 0.512. The third kappa shape index (κ3) is 3.14. The third-order valence-corrected chi connectivity index (χ3v) is 6.02. The number of ether oxygens (including phenoxy) is 1. The van der Waals surface area contributed by atoms with E-state index >= 15 is 0 Å². The Morgan fingerprint density at radius 2 is 2.27 bits per heavy atom. The van der Waals surface area contributed by atoms with Gasteiger partial charge in [-0.25, -0.2) is 4.98 Å². The van der Waals surface area contributed by atoms with E-state index in [1.54, 1.807) is 9.80 Å². The van der Waals surface area contributed by atoms with Gasteiger partial charge in [-0.15, -0.1) is 11.3 Å². The van der Waals surface area contributed by atoms with Gasteiger partial charge in [0, 0.05) is 37.7 Å². The molecule has 2 aliphatic heterocycles. The lowest BCUT2D eigenvalue weighted by Crippen LogP contribution is -2.39. The summed E-state index contributed by atoms with van der Waals surface area (Å²) in [7, 11) is 3.66. The van der Waals surface area contributed by atoms with Crippen LogP contribution in [0.15, 0.2) is 16.9 Å². The fourth-order valence-corrected chi connectivity index (χ4v) is 4.47. The molecule has 1 saturated heterocycles. The molecule has 7 nitrogen and oxygen atoms in total. The molecule has 0 bridgehead atoms. The summed E-state index contributed by atoms with van der Waals surface area (Å²) in [6, 6.07) is 3.88. The molecule has 4 heterocycles. The van der Waals surface area contributed by atoms with Crippen molar-refractivity contribution in [3.63, 3.8) is 0 Å².